The maximum absolute atomic E-state index is 12.6. The van der Waals surface area contributed by atoms with Crippen LogP contribution >= 0.6 is 0 Å². The van der Waals surface area contributed by atoms with E-state index in [9.17, 15) is 4.79 Å². The molecule has 1 N–H and O–H groups in total. The van der Waals surface area contributed by atoms with Crippen molar-refractivity contribution in [3.05, 3.63) is 29.8 Å². The second-order valence-electron chi connectivity index (χ2n) is 6.11. The number of carbonyl (C=O) groups excluding carboxylic acids is 1. The van der Waals surface area contributed by atoms with Crippen molar-refractivity contribution >= 4 is 5.91 Å². The molecular weight excluding hydrogens is 280 g/mol. The number of carbonyl (C=O) groups is 1. The first kappa shape index (κ1) is 15.3. The number of benzene rings is 1. The van der Waals surface area contributed by atoms with Gasteiger partial charge in [-0.15, -0.1) is 0 Å². The van der Waals surface area contributed by atoms with Crippen LogP contribution in [0.15, 0.2) is 24.3 Å². The number of amides is 1. The van der Waals surface area contributed by atoms with E-state index in [0.29, 0.717) is 11.7 Å². The molecule has 1 aromatic carbocycles. The first-order valence-electron chi connectivity index (χ1n) is 8.15. The first-order chi connectivity index (χ1) is 10.8. The molecule has 2 aliphatic rings. The number of hydrogen-bond acceptors (Lipinski definition) is 3. The second-order valence-corrected chi connectivity index (χ2v) is 6.11. The van der Waals surface area contributed by atoms with Gasteiger partial charge in [0.25, 0.3) is 5.91 Å². The third kappa shape index (κ3) is 3.59. The fraction of sp³-hybridized carbons (Fsp3) is 0.588. The number of methoxy groups -OCH3 is 1. The third-order valence-corrected chi connectivity index (χ3v) is 4.61. The van der Waals surface area contributed by atoms with Crippen molar-refractivity contribution in [2.75, 3.05) is 46.4 Å². The lowest BCUT2D eigenvalue weighted by atomic mass is 10.1. The van der Waals surface area contributed by atoms with Gasteiger partial charge in [-0.1, -0.05) is 6.07 Å². The predicted molar refractivity (Wildman–Crippen MR) is 83.4 cm³/mol. The summed E-state index contributed by atoms with van der Waals surface area (Å²) in [5.74, 6) is 0.837. The molecule has 120 valence electrons. The second kappa shape index (κ2) is 7.11. The van der Waals surface area contributed by atoms with Gasteiger partial charge in [-0.25, -0.2) is 0 Å². The summed E-state index contributed by atoms with van der Waals surface area (Å²) in [4.78, 5) is 16.1. The van der Waals surface area contributed by atoms with Crippen molar-refractivity contribution in [2.45, 2.75) is 18.9 Å². The highest BCUT2D eigenvalue weighted by Crippen LogP contribution is 2.14. The Bertz CT molecular complexity index is 506. The van der Waals surface area contributed by atoms with Crippen molar-refractivity contribution in [3.8, 4) is 5.75 Å². The van der Waals surface area contributed by atoms with E-state index in [1.54, 1.807) is 12.0 Å². The smallest absolute Gasteiger partial charge is 0.254 e. The number of nitrogens with one attached hydrogen (secondary N) is 1. The minimum atomic E-state index is 0.107. The van der Waals surface area contributed by atoms with E-state index < -0.39 is 0 Å². The summed E-state index contributed by atoms with van der Waals surface area (Å²) in [6.07, 6.45) is 2.81. The summed E-state index contributed by atoms with van der Waals surface area (Å²) in [5, 5.41) is 0. The number of quaternary nitrogens is 1. The fourth-order valence-corrected chi connectivity index (χ4v) is 3.30. The first-order valence-corrected chi connectivity index (χ1v) is 8.15. The van der Waals surface area contributed by atoms with Crippen molar-refractivity contribution in [1.29, 1.82) is 0 Å². The number of rotatable bonds is 4. The Morgan fingerprint density at radius 2 is 2.23 bits per heavy atom. The molecule has 3 rings (SSSR count). The van der Waals surface area contributed by atoms with Crippen molar-refractivity contribution in [1.82, 2.24) is 4.90 Å². The highest BCUT2D eigenvalue weighted by Gasteiger charge is 2.28. The summed E-state index contributed by atoms with van der Waals surface area (Å²) < 4.78 is 10.9. The molecular formula is C17H25N2O3+. The van der Waals surface area contributed by atoms with Crippen LogP contribution in [0.5, 0.6) is 5.75 Å². The molecule has 2 heterocycles. The summed E-state index contributed by atoms with van der Waals surface area (Å²) in [6.45, 7) is 5.65. The number of nitrogens with zero attached hydrogens (tertiary/aromatic N) is 1. The summed E-state index contributed by atoms with van der Waals surface area (Å²) in [5.41, 5.74) is 0.710. The van der Waals surface area contributed by atoms with Crippen LogP contribution in [0.3, 0.4) is 0 Å². The molecule has 0 bridgehead atoms. The molecule has 5 heteroatoms. The van der Waals surface area contributed by atoms with Crippen LogP contribution in [-0.4, -0.2) is 63.4 Å². The highest BCUT2D eigenvalue weighted by atomic mass is 16.5. The largest absolute Gasteiger partial charge is 0.497 e. The number of piperazine rings is 1. The Hall–Kier alpha value is -1.59. The Morgan fingerprint density at radius 1 is 1.41 bits per heavy atom. The molecule has 0 aromatic heterocycles. The maximum Gasteiger partial charge on any atom is 0.254 e. The average molecular weight is 305 g/mol. The Labute approximate surface area is 131 Å². The fourth-order valence-electron chi connectivity index (χ4n) is 3.30. The standard InChI is InChI=1S/C17H24N2O3/c1-21-15-5-2-4-14(12-15)17(20)19-9-7-18(8-10-19)13-16-6-3-11-22-16/h2,4-5,12,16H,3,6-11,13H2,1H3/p+1/t16-/m0/s1. The third-order valence-electron chi connectivity index (χ3n) is 4.61. The van der Waals surface area contributed by atoms with Crippen LogP contribution in [0.25, 0.3) is 0 Å². The molecule has 0 aliphatic carbocycles. The van der Waals surface area contributed by atoms with Gasteiger partial charge >= 0.3 is 0 Å². The van der Waals surface area contributed by atoms with E-state index in [1.807, 2.05) is 29.2 Å². The Morgan fingerprint density at radius 3 is 2.91 bits per heavy atom. The Balaban J connectivity index is 1.52. The topological polar surface area (TPSA) is 43.2 Å². The van der Waals surface area contributed by atoms with E-state index in [0.717, 1.165) is 45.1 Å². The molecule has 0 spiro atoms. The van der Waals surface area contributed by atoms with Crippen molar-refractivity contribution in [3.63, 3.8) is 0 Å². The lowest BCUT2D eigenvalue weighted by Crippen LogP contribution is -3.15. The SMILES string of the molecule is COc1cccc(C(=O)N2CC[NH+](C[C@@H]3CCCO3)CC2)c1. The lowest BCUT2D eigenvalue weighted by molar-refractivity contribution is -0.906. The summed E-state index contributed by atoms with van der Waals surface area (Å²) in [7, 11) is 1.62. The van der Waals surface area contributed by atoms with Crippen molar-refractivity contribution < 1.29 is 19.2 Å². The molecule has 0 unspecified atom stereocenters. The summed E-state index contributed by atoms with van der Waals surface area (Å²) in [6, 6.07) is 7.40. The number of hydrogen-bond donors (Lipinski definition) is 1. The van der Waals surface area contributed by atoms with Gasteiger partial charge < -0.3 is 19.3 Å². The van der Waals surface area contributed by atoms with Gasteiger partial charge in [0, 0.05) is 12.2 Å². The van der Waals surface area contributed by atoms with Crippen LogP contribution in [0.4, 0.5) is 0 Å². The van der Waals surface area contributed by atoms with E-state index in [4.69, 9.17) is 9.47 Å². The molecule has 22 heavy (non-hydrogen) atoms. The zero-order chi connectivity index (χ0) is 15.4. The van der Waals surface area contributed by atoms with Crippen LogP contribution in [-0.2, 0) is 4.74 Å². The molecule has 2 fully saturated rings. The number of ether oxygens (including phenoxy) is 2. The monoisotopic (exact) mass is 305 g/mol. The van der Waals surface area contributed by atoms with Crippen LogP contribution in [0.2, 0.25) is 0 Å². The van der Waals surface area contributed by atoms with E-state index in [-0.39, 0.29) is 5.91 Å². The normalized spacial score (nSPS) is 22.8. The molecule has 1 atom stereocenters. The maximum atomic E-state index is 12.6. The van der Waals surface area contributed by atoms with Gasteiger partial charge in [0.1, 0.15) is 18.4 Å². The van der Waals surface area contributed by atoms with Gasteiger partial charge in [-0.2, -0.15) is 0 Å². The van der Waals surface area contributed by atoms with Crippen molar-refractivity contribution in [2.24, 2.45) is 0 Å². The molecule has 1 amide bonds. The lowest BCUT2D eigenvalue weighted by Gasteiger charge is -2.33. The van der Waals surface area contributed by atoms with Crippen LogP contribution in [0, 0.1) is 0 Å². The quantitative estimate of drug-likeness (QED) is 0.865. The van der Waals surface area contributed by atoms with Crippen LogP contribution < -0.4 is 9.64 Å². The van der Waals surface area contributed by atoms with Gasteiger partial charge in [-0.3, -0.25) is 4.79 Å². The molecule has 0 radical (unpaired) electrons. The average Bonchev–Trinajstić information content (AvgIpc) is 3.08. The Kier molecular flexibility index (Phi) is 4.95. The van der Waals surface area contributed by atoms with Crippen LogP contribution in [0.1, 0.15) is 23.2 Å². The van der Waals surface area contributed by atoms with E-state index >= 15 is 0 Å². The molecule has 2 saturated heterocycles. The predicted octanol–water partition coefficient (Wildman–Crippen LogP) is 0.215. The van der Waals surface area contributed by atoms with Gasteiger partial charge in [0.2, 0.25) is 0 Å². The van der Waals surface area contributed by atoms with E-state index in [2.05, 4.69) is 0 Å². The molecule has 2 aliphatic heterocycles. The zero-order valence-electron chi connectivity index (χ0n) is 13.2. The highest BCUT2D eigenvalue weighted by molar-refractivity contribution is 5.94. The minimum absolute atomic E-state index is 0.107. The van der Waals surface area contributed by atoms with Gasteiger partial charge in [0.05, 0.1) is 33.3 Å². The molecule has 1 aromatic rings. The van der Waals surface area contributed by atoms with E-state index in [1.165, 1.54) is 12.8 Å². The minimum Gasteiger partial charge on any atom is -0.497 e. The molecule has 0 saturated carbocycles. The summed E-state index contributed by atoms with van der Waals surface area (Å²) >= 11 is 0. The molecule has 5 nitrogen and oxygen atoms in total. The zero-order valence-corrected chi connectivity index (χ0v) is 13.2. The van der Waals surface area contributed by atoms with Gasteiger partial charge in [-0.05, 0) is 31.0 Å². The van der Waals surface area contributed by atoms with Gasteiger partial charge in [0.15, 0.2) is 0 Å².